The van der Waals surface area contributed by atoms with Crippen LogP contribution in [0.15, 0.2) is 33.2 Å². The number of aromatic nitrogens is 2. The molecule has 4 nitrogen and oxygen atoms in total. The van der Waals surface area contributed by atoms with Crippen molar-refractivity contribution in [3.63, 3.8) is 0 Å². The summed E-state index contributed by atoms with van der Waals surface area (Å²) in [5, 5.41) is 12.7. The molecule has 1 fully saturated rings. The Morgan fingerprint density at radius 3 is 3.00 bits per heavy atom. The van der Waals surface area contributed by atoms with Crippen LogP contribution < -0.4 is 5.32 Å². The molecule has 0 unspecified atom stereocenters. The van der Waals surface area contributed by atoms with E-state index in [0.717, 1.165) is 10.0 Å². The number of thioether (sulfide) groups is 1. The van der Waals surface area contributed by atoms with Crippen LogP contribution in [0.25, 0.3) is 11.5 Å². The van der Waals surface area contributed by atoms with Gasteiger partial charge in [-0.2, -0.15) is 11.8 Å². The lowest BCUT2D eigenvalue weighted by Crippen LogP contribution is -2.40. The van der Waals surface area contributed by atoms with Gasteiger partial charge in [0.05, 0.1) is 6.54 Å². The summed E-state index contributed by atoms with van der Waals surface area (Å²) < 4.78 is 6.81. The molecule has 1 aliphatic carbocycles. The van der Waals surface area contributed by atoms with Gasteiger partial charge in [0.1, 0.15) is 0 Å². The lowest BCUT2D eigenvalue weighted by atomic mass is 9.95. The highest BCUT2D eigenvalue weighted by Crippen LogP contribution is 2.29. The third-order valence-corrected chi connectivity index (χ3v) is 5.96. The lowest BCUT2D eigenvalue weighted by Gasteiger charge is -2.31. The molecule has 1 aliphatic rings. The summed E-state index contributed by atoms with van der Waals surface area (Å²) in [6.07, 6.45) is 5.21. The second kappa shape index (κ2) is 8.31. The largest absolute Gasteiger partial charge is 0.419 e. The molecule has 0 amide bonds. The Hall–Kier alpha value is -0.850. The van der Waals surface area contributed by atoms with Crippen LogP contribution in [0.2, 0.25) is 0 Å². The van der Waals surface area contributed by atoms with Crippen molar-refractivity contribution >= 4 is 27.7 Å². The van der Waals surface area contributed by atoms with Gasteiger partial charge in [-0.05, 0) is 36.8 Å². The molecule has 0 aliphatic heterocycles. The van der Waals surface area contributed by atoms with Crippen molar-refractivity contribution in [2.45, 2.75) is 50.4 Å². The van der Waals surface area contributed by atoms with Gasteiger partial charge in [-0.3, -0.25) is 0 Å². The molecule has 1 aromatic heterocycles. The van der Waals surface area contributed by atoms with Crippen LogP contribution in [-0.4, -0.2) is 27.2 Å². The molecular formula is C17H22BrN3OS. The molecule has 1 N–H and O–H groups in total. The molecule has 23 heavy (non-hydrogen) atoms. The average Bonchev–Trinajstić information content (AvgIpc) is 3.03. The van der Waals surface area contributed by atoms with E-state index < -0.39 is 0 Å². The molecule has 3 rings (SSSR count). The Balaban J connectivity index is 1.60. The van der Waals surface area contributed by atoms with Crippen molar-refractivity contribution in [3.05, 3.63) is 34.6 Å². The zero-order valence-corrected chi connectivity index (χ0v) is 15.7. The summed E-state index contributed by atoms with van der Waals surface area (Å²) in [6.45, 7) is 2.88. The van der Waals surface area contributed by atoms with Crippen molar-refractivity contribution in [1.82, 2.24) is 15.5 Å². The maximum absolute atomic E-state index is 5.80. The number of hydrogen-bond donors (Lipinski definition) is 1. The maximum Gasteiger partial charge on any atom is 0.247 e. The van der Waals surface area contributed by atoms with E-state index in [1.807, 2.05) is 24.3 Å². The van der Waals surface area contributed by atoms with Crippen molar-refractivity contribution in [2.75, 3.05) is 5.75 Å². The number of hydrogen-bond acceptors (Lipinski definition) is 5. The summed E-state index contributed by atoms with van der Waals surface area (Å²) in [6, 6.07) is 8.46. The summed E-state index contributed by atoms with van der Waals surface area (Å²) in [5.74, 6) is 2.41. The first kappa shape index (κ1) is 17.0. The van der Waals surface area contributed by atoms with Gasteiger partial charge in [0.2, 0.25) is 11.8 Å². The van der Waals surface area contributed by atoms with Gasteiger partial charge < -0.3 is 9.73 Å². The normalized spacial score (nSPS) is 21.5. The van der Waals surface area contributed by atoms with E-state index >= 15 is 0 Å². The van der Waals surface area contributed by atoms with Gasteiger partial charge in [0.15, 0.2) is 0 Å². The third kappa shape index (κ3) is 4.58. The summed E-state index contributed by atoms with van der Waals surface area (Å²) in [5.41, 5.74) is 0.940. The van der Waals surface area contributed by atoms with Gasteiger partial charge in [0.25, 0.3) is 0 Å². The SMILES string of the molecule is CCS[C@@H]1CCCC[C@@H]1NCc1nnc(-c2cccc(Br)c2)o1. The number of rotatable bonds is 6. The first-order chi connectivity index (χ1) is 11.3. The van der Waals surface area contributed by atoms with Crippen LogP contribution in [0, 0.1) is 0 Å². The van der Waals surface area contributed by atoms with Crippen LogP contribution in [0.1, 0.15) is 38.5 Å². The van der Waals surface area contributed by atoms with Gasteiger partial charge >= 0.3 is 0 Å². The lowest BCUT2D eigenvalue weighted by molar-refractivity contribution is 0.362. The Bertz CT molecular complexity index is 632. The summed E-state index contributed by atoms with van der Waals surface area (Å²) >= 11 is 5.53. The summed E-state index contributed by atoms with van der Waals surface area (Å²) in [7, 11) is 0. The predicted octanol–water partition coefficient (Wildman–Crippen LogP) is 4.65. The minimum atomic E-state index is 0.551. The fourth-order valence-corrected chi connectivity index (χ4v) is 4.65. The first-order valence-corrected chi connectivity index (χ1v) is 10.0. The van der Waals surface area contributed by atoms with Gasteiger partial charge in [-0.15, -0.1) is 10.2 Å². The maximum atomic E-state index is 5.80. The minimum Gasteiger partial charge on any atom is -0.419 e. The summed E-state index contributed by atoms with van der Waals surface area (Å²) in [4.78, 5) is 0. The highest BCUT2D eigenvalue weighted by molar-refractivity contribution is 9.10. The molecule has 0 spiro atoms. The molecule has 1 saturated carbocycles. The second-order valence-electron chi connectivity index (χ2n) is 5.78. The molecular weight excluding hydrogens is 374 g/mol. The Kier molecular flexibility index (Phi) is 6.14. The average molecular weight is 396 g/mol. The van der Waals surface area contributed by atoms with E-state index in [2.05, 4.69) is 50.1 Å². The number of nitrogens with one attached hydrogen (secondary N) is 1. The Labute approximate surface area is 150 Å². The third-order valence-electron chi connectivity index (χ3n) is 4.14. The van der Waals surface area contributed by atoms with Crippen LogP contribution in [0.5, 0.6) is 0 Å². The van der Waals surface area contributed by atoms with E-state index in [0.29, 0.717) is 29.6 Å². The molecule has 124 valence electrons. The Morgan fingerprint density at radius 1 is 1.30 bits per heavy atom. The second-order valence-corrected chi connectivity index (χ2v) is 8.21. The molecule has 2 atom stereocenters. The molecule has 0 bridgehead atoms. The molecule has 1 aromatic carbocycles. The van der Waals surface area contributed by atoms with Gasteiger partial charge in [0, 0.05) is 21.3 Å². The number of benzene rings is 1. The van der Waals surface area contributed by atoms with E-state index in [9.17, 15) is 0 Å². The molecule has 6 heteroatoms. The molecule has 0 radical (unpaired) electrons. The highest BCUT2D eigenvalue weighted by atomic mass is 79.9. The van der Waals surface area contributed by atoms with E-state index in [4.69, 9.17) is 4.42 Å². The van der Waals surface area contributed by atoms with Crippen molar-refractivity contribution in [2.24, 2.45) is 0 Å². The van der Waals surface area contributed by atoms with E-state index in [-0.39, 0.29) is 0 Å². The fourth-order valence-electron chi connectivity index (χ4n) is 3.03. The quantitative estimate of drug-likeness (QED) is 0.770. The fraction of sp³-hybridized carbons (Fsp3) is 0.529. The van der Waals surface area contributed by atoms with E-state index in [1.54, 1.807) is 0 Å². The van der Waals surface area contributed by atoms with Crippen molar-refractivity contribution in [3.8, 4) is 11.5 Å². The smallest absolute Gasteiger partial charge is 0.247 e. The first-order valence-electron chi connectivity index (χ1n) is 8.19. The van der Waals surface area contributed by atoms with Crippen LogP contribution >= 0.6 is 27.7 Å². The molecule has 0 saturated heterocycles. The van der Waals surface area contributed by atoms with Crippen molar-refractivity contribution < 1.29 is 4.42 Å². The van der Waals surface area contributed by atoms with Gasteiger partial charge in [-0.25, -0.2) is 0 Å². The minimum absolute atomic E-state index is 0.551. The Morgan fingerprint density at radius 2 is 2.17 bits per heavy atom. The van der Waals surface area contributed by atoms with Gasteiger partial charge in [-0.1, -0.05) is 41.8 Å². The predicted molar refractivity (Wildman–Crippen MR) is 98.4 cm³/mol. The molecule has 1 heterocycles. The zero-order valence-electron chi connectivity index (χ0n) is 13.3. The zero-order chi connectivity index (χ0) is 16.1. The van der Waals surface area contributed by atoms with Crippen LogP contribution in [0.3, 0.4) is 0 Å². The monoisotopic (exact) mass is 395 g/mol. The number of halogens is 1. The van der Waals surface area contributed by atoms with E-state index in [1.165, 1.54) is 31.4 Å². The molecule has 2 aromatic rings. The standard InChI is InChI=1S/C17H22BrN3OS/c1-2-23-15-9-4-3-8-14(15)19-11-16-20-21-17(22-16)12-6-5-7-13(18)10-12/h5-7,10,14-15,19H,2-4,8-9,11H2,1H3/t14-,15+/m0/s1. The number of nitrogens with zero attached hydrogens (tertiary/aromatic N) is 2. The van der Waals surface area contributed by atoms with Crippen LogP contribution in [0.4, 0.5) is 0 Å². The topological polar surface area (TPSA) is 51.0 Å². The van der Waals surface area contributed by atoms with Crippen LogP contribution in [-0.2, 0) is 6.54 Å². The van der Waals surface area contributed by atoms with Crippen molar-refractivity contribution in [1.29, 1.82) is 0 Å². The highest BCUT2D eigenvalue weighted by Gasteiger charge is 2.25.